The number of hydrogen-bond donors (Lipinski definition) is 1. The van der Waals surface area contributed by atoms with E-state index in [0.29, 0.717) is 30.2 Å². The van der Waals surface area contributed by atoms with Gasteiger partial charge in [0.05, 0.1) is 17.6 Å². The second-order valence-corrected chi connectivity index (χ2v) is 14.2. The smallest absolute Gasteiger partial charge is 0.280 e. The summed E-state index contributed by atoms with van der Waals surface area (Å²) in [5.41, 5.74) is 0.407. The number of carbonyl (C=O) groups is 2. The molecule has 1 saturated heterocycles. The van der Waals surface area contributed by atoms with E-state index in [-0.39, 0.29) is 47.9 Å². The zero-order chi connectivity index (χ0) is 31.9. The average molecular weight is 651 g/mol. The van der Waals surface area contributed by atoms with Gasteiger partial charge >= 0.3 is 0 Å². The van der Waals surface area contributed by atoms with Gasteiger partial charge in [-0.3, -0.25) is 19.8 Å². The summed E-state index contributed by atoms with van der Waals surface area (Å²) in [4.78, 5) is 40.7. The number of benzene rings is 1. The summed E-state index contributed by atoms with van der Waals surface area (Å²) in [6, 6.07) is 6.10. The fourth-order valence-electron chi connectivity index (χ4n) is 5.33. The molecule has 2 heterocycles. The number of nitrogens with zero attached hydrogens (tertiary/aromatic N) is 5. The van der Waals surface area contributed by atoms with Crippen LogP contribution in [0.15, 0.2) is 40.5 Å². The van der Waals surface area contributed by atoms with Crippen LogP contribution in [0.4, 0.5) is 5.13 Å². The Morgan fingerprint density at radius 1 is 1.16 bits per heavy atom. The lowest BCUT2D eigenvalue weighted by Gasteiger charge is -2.39. The van der Waals surface area contributed by atoms with Crippen LogP contribution in [0.3, 0.4) is 0 Å². The second kappa shape index (κ2) is 15.4. The Bertz CT molecular complexity index is 1420. The van der Waals surface area contributed by atoms with Crippen LogP contribution < -0.4 is 5.32 Å². The molecule has 2 fully saturated rings. The van der Waals surface area contributed by atoms with Gasteiger partial charge in [-0.2, -0.15) is 4.31 Å². The molecule has 2 aliphatic rings. The predicted molar refractivity (Wildman–Crippen MR) is 167 cm³/mol. The van der Waals surface area contributed by atoms with Crippen molar-refractivity contribution in [3.05, 3.63) is 40.9 Å². The molecule has 1 N–H and O–H groups in total. The van der Waals surface area contributed by atoms with Crippen molar-refractivity contribution in [1.29, 1.82) is 0 Å². The van der Waals surface area contributed by atoms with Gasteiger partial charge in [0, 0.05) is 90.0 Å². The van der Waals surface area contributed by atoms with E-state index in [4.69, 9.17) is 14.3 Å². The van der Waals surface area contributed by atoms with Crippen molar-refractivity contribution in [2.24, 2.45) is 5.16 Å². The Morgan fingerprint density at radius 2 is 1.89 bits per heavy atom. The molecule has 1 aliphatic carbocycles. The monoisotopic (exact) mass is 650 g/mol. The van der Waals surface area contributed by atoms with Crippen molar-refractivity contribution >= 4 is 44.0 Å². The number of rotatable bonds is 13. The highest BCUT2D eigenvalue weighted by atomic mass is 32.2. The number of oxime groups is 1. The third-order valence-corrected chi connectivity index (χ3v) is 10.7. The predicted octanol–water partition coefficient (Wildman–Crippen LogP) is 2.39. The number of carbonyl (C=O) groups excluding carboxylic acids is 2. The highest BCUT2D eigenvalue weighted by Crippen LogP contribution is 2.26. The molecule has 1 aromatic carbocycles. The number of aromatic nitrogens is 1. The summed E-state index contributed by atoms with van der Waals surface area (Å²) in [6.45, 7) is 6.95. The molecule has 0 radical (unpaired) electrons. The molecule has 0 spiro atoms. The zero-order valence-electron chi connectivity index (χ0n) is 25.9. The van der Waals surface area contributed by atoms with Gasteiger partial charge in [0.1, 0.15) is 6.10 Å². The van der Waals surface area contributed by atoms with E-state index >= 15 is 0 Å². The summed E-state index contributed by atoms with van der Waals surface area (Å²) in [5.74, 6) is -0.442. The van der Waals surface area contributed by atoms with E-state index in [9.17, 15) is 18.0 Å². The van der Waals surface area contributed by atoms with Gasteiger partial charge in [-0.25, -0.2) is 13.4 Å². The number of amides is 2. The molecule has 242 valence electrons. The van der Waals surface area contributed by atoms with Crippen molar-refractivity contribution in [3.63, 3.8) is 0 Å². The van der Waals surface area contributed by atoms with Crippen molar-refractivity contribution in [1.82, 2.24) is 19.1 Å². The summed E-state index contributed by atoms with van der Waals surface area (Å²) >= 11 is 1.37. The molecule has 0 bridgehead atoms. The van der Waals surface area contributed by atoms with Crippen LogP contribution in [0.2, 0.25) is 0 Å². The van der Waals surface area contributed by atoms with Gasteiger partial charge in [0.15, 0.2) is 10.8 Å². The maximum absolute atomic E-state index is 13.5. The van der Waals surface area contributed by atoms with Gasteiger partial charge in [-0.1, -0.05) is 17.3 Å². The standard InChI is InChI=1S/C29H42N6O7S2/c1-20-18-34(12-13-35(20)21(2)36)19-25-17-30-29(43-25)31-28(37)27(32-42-24-9-8-23(16-24)41-5)22-6-10-26(11-7-22)44(38,39)33(3)14-15-40-4/h6-7,10-11,17,20,23-24H,8-9,12-16,18-19H2,1-5H3,(H,30,31,37)/t20-,23+,24+/m0/s1. The molecule has 0 unspecified atom stereocenters. The lowest BCUT2D eigenvalue weighted by molar-refractivity contribution is -0.133. The average Bonchev–Trinajstić information content (AvgIpc) is 3.65. The molecule has 2 aromatic rings. The van der Waals surface area contributed by atoms with Gasteiger partial charge < -0.3 is 19.2 Å². The third-order valence-electron chi connectivity index (χ3n) is 7.89. The molecule has 44 heavy (non-hydrogen) atoms. The number of hydrogen-bond acceptors (Lipinski definition) is 11. The van der Waals surface area contributed by atoms with E-state index in [1.54, 1.807) is 32.4 Å². The SMILES string of the molecule is COCCN(C)S(=O)(=O)c1ccc(C(=NO[C@@H]2CC[C@@H](OC)C2)C(=O)Nc2ncc(CN3CCN(C(C)=O)[C@@H](C)C3)s2)cc1. The Kier molecular flexibility index (Phi) is 11.8. The minimum Gasteiger partial charge on any atom is -0.392 e. The van der Waals surface area contributed by atoms with E-state index < -0.39 is 15.9 Å². The Balaban J connectivity index is 1.48. The number of piperazine rings is 1. The minimum absolute atomic E-state index is 0.00785. The summed E-state index contributed by atoms with van der Waals surface area (Å²) in [6.07, 6.45) is 3.86. The quantitative estimate of drug-likeness (QED) is 0.255. The molecule has 1 saturated carbocycles. The Hall–Kier alpha value is -2.95. The van der Waals surface area contributed by atoms with Crippen molar-refractivity contribution < 1.29 is 32.3 Å². The number of sulfonamides is 1. The normalized spacial score (nSPS) is 21.5. The summed E-state index contributed by atoms with van der Waals surface area (Å²) in [7, 11) is 0.914. The molecular formula is C29H42N6O7S2. The number of anilines is 1. The first-order valence-electron chi connectivity index (χ1n) is 14.6. The van der Waals surface area contributed by atoms with Crippen LogP contribution >= 0.6 is 11.3 Å². The fourth-order valence-corrected chi connectivity index (χ4v) is 7.33. The van der Waals surface area contributed by atoms with Gasteiger partial charge in [0.25, 0.3) is 5.91 Å². The highest BCUT2D eigenvalue weighted by Gasteiger charge is 2.28. The Morgan fingerprint density at radius 3 is 2.52 bits per heavy atom. The first kappa shape index (κ1) is 33.9. The molecule has 3 atom stereocenters. The van der Waals surface area contributed by atoms with Crippen LogP contribution in [0.1, 0.15) is 43.6 Å². The number of likely N-dealkylation sites (N-methyl/N-ethyl adjacent to an activating group) is 1. The Labute approximate surface area is 263 Å². The maximum Gasteiger partial charge on any atom is 0.280 e. The first-order valence-corrected chi connectivity index (χ1v) is 16.8. The van der Waals surface area contributed by atoms with Crippen molar-refractivity contribution in [2.45, 2.75) is 62.8 Å². The van der Waals surface area contributed by atoms with Crippen LogP contribution in [-0.2, 0) is 40.5 Å². The van der Waals surface area contributed by atoms with Gasteiger partial charge in [-0.05, 0) is 31.9 Å². The van der Waals surface area contributed by atoms with Gasteiger partial charge in [0.2, 0.25) is 15.9 Å². The largest absolute Gasteiger partial charge is 0.392 e. The van der Waals surface area contributed by atoms with E-state index in [0.717, 1.165) is 30.8 Å². The maximum atomic E-state index is 13.5. The summed E-state index contributed by atoms with van der Waals surface area (Å²) < 4.78 is 37.6. The molecule has 4 rings (SSSR count). The number of ether oxygens (including phenoxy) is 2. The van der Waals surface area contributed by atoms with Gasteiger partial charge in [-0.15, -0.1) is 11.3 Å². The van der Waals surface area contributed by atoms with Crippen molar-refractivity contribution in [2.75, 3.05) is 59.4 Å². The second-order valence-electron chi connectivity index (χ2n) is 11.1. The zero-order valence-corrected chi connectivity index (χ0v) is 27.5. The minimum atomic E-state index is -3.74. The third kappa shape index (κ3) is 8.61. The lowest BCUT2D eigenvalue weighted by atomic mass is 10.1. The lowest BCUT2D eigenvalue weighted by Crippen LogP contribution is -2.52. The van der Waals surface area contributed by atoms with E-state index in [1.807, 2.05) is 11.8 Å². The number of methoxy groups -OCH3 is 2. The molecule has 1 aliphatic heterocycles. The highest BCUT2D eigenvalue weighted by molar-refractivity contribution is 7.89. The molecule has 15 heteroatoms. The van der Waals surface area contributed by atoms with E-state index in [2.05, 4.69) is 20.4 Å². The summed E-state index contributed by atoms with van der Waals surface area (Å²) in [5, 5.41) is 7.49. The number of nitrogens with one attached hydrogen (secondary N) is 1. The van der Waals surface area contributed by atoms with Crippen molar-refractivity contribution in [3.8, 4) is 0 Å². The fraction of sp³-hybridized carbons (Fsp3) is 0.586. The topological polar surface area (TPSA) is 143 Å². The molecular weight excluding hydrogens is 608 g/mol. The van der Waals surface area contributed by atoms with Crippen LogP contribution in [-0.4, -0.2) is 117 Å². The molecule has 1 aromatic heterocycles. The molecule has 13 nitrogen and oxygen atoms in total. The van der Waals surface area contributed by atoms with Crippen LogP contribution in [0.5, 0.6) is 0 Å². The first-order chi connectivity index (χ1) is 21.0. The van der Waals surface area contributed by atoms with E-state index in [1.165, 1.54) is 41.9 Å². The van der Waals surface area contributed by atoms with Crippen LogP contribution in [0.25, 0.3) is 0 Å². The number of thiazole rings is 1. The molecule has 2 amide bonds. The van der Waals surface area contributed by atoms with Crippen LogP contribution in [0, 0.1) is 0 Å².